The summed E-state index contributed by atoms with van der Waals surface area (Å²) in [6.07, 6.45) is 4.74. The van der Waals surface area contributed by atoms with E-state index in [9.17, 15) is 8.42 Å². The lowest BCUT2D eigenvalue weighted by Crippen LogP contribution is -2.44. The van der Waals surface area contributed by atoms with Crippen molar-refractivity contribution in [2.24, 2.45) is 0 Å². The first-order valence-electron chi connectivity index (χ1n) is 12.7. The molecule has 192 valence electrons. The van der Waals surface area contributed by atoms with Crippen LogP contribution in [0, 0.1) is 0 Å². The van der Waals surface area contributed by atoms with E-state index in [1.807, 2.05) is 42.5 Å². The first kappa shape index (κ1) is 26.5. The molecule has 2 atom stereocenters. The Morgan fingerprint density at radius 3 is 2.25 bits per heavy atom. The molecule has 36 heavy (non-hydrogen) atoms. The normalized spacial score (nSPS) is 18.6. The number of anilines is 1. The highest BCUT2D eigenvalue weighted by atomic mass is 35.5. The number of nitrogens with zero attached hydrogens (tertiary/aromatic N) is 2. The molecule has 1 heterocycles. The van der Waals surface area contributed by atoms with Crippen LogP contribution in [0.4, 0.5) is 5.69 Å². The average molecular weight is 527 g/mol. The maximum Gasteiger partial charge on any atom is 0.264 e. The molecule has 4 rings (SSSR count). The van der Waals surface area contributed by atoms with E-state index < -0.39 is 10.0 Å². The maximum absolute atomic E-state index is 13.7. The Bertz CT molecular complexity index is 1210. The van der Waals surface area contributed by atoms with Crippen molar-refractivity contribution in [3.63, 3.8) is 0 Å². The molecule has 7 heteroatoms. The van der Waals surface area contributed by atoms with Crippen LogP contribution in [-0.2, 0) is 16.6 Å². The largest absolute Gasteiger partial charge is 0.493 e. The predicted molar refractivity (Wildman–Crippen MR) is 147 cm³/mol. The summed E-state index contributed by atoms with van der Waals surface area (Å²) in [6.45, 7) is 6.37. The van der Waals surface area contributed by atoms with Crippen LogP contribution in [0.3, 0.4) is 0 Å². The van der Waals surface area contributed by atoms with Crippen molar-refractivity contribution in [2.45, 2.75) is 63.1 Å². The van der Waals surface area contributed by atoms with E-state index in [0.29, 0.717) is 35.2 Å². The van der Waals surface area contributed by atoms with Crippen LogP contribution in [0.2, 0.25) is 5.02 Å². The van der Waals surface area contributed by atoms with E-state index in [0.717, 1.165) is 18.5 Å². The van der Waals surface area contributed by atoms with Crippen molar-refractivity contribution in [3.8, 4) is 5.75 Å². The van der Waals surface area contributed by atoms with Gasteiger partial charge in [-0.05, 0) is 75.6 Å². The van der Waals surface area contributed by atoms with Crippen LogP contribution in [0.5, 0.6) is 5.75 Å². The molecule has 0 amide bonds. The number of para-hydroxylation sites is 2. The predicted octanol–water partition coefficient (Wildman–Crippen LogP) is 6.77. The van der Waals surface area contributed by atoms with E-state index in [1.165, 1.54) is 23.6 Å². The minimum absolute atomic E-state index is 0.158. The van der Waals surface area contributed by atoms with Gasteiger partial charge in [-0.1, -0.05) is 54.4 Å². The number of likely N-dealkylation sites (tertiary alicyclic amines) is 1. The monoisotopic (exact) mass is 526 g/mol. The van der Waals surface area contributed by atoms with E-state index >= 15 is 0 Å². The number of hydrogen-bond donors (Lipinski definition) is 0. The summed E-state index contributed by atoms with van der Waals surface area (Å²) in [6, 6.07) is 24.3. The van der Waals surface area contributed by atoms with Gasteiger partial charge in [0.15, 0.2) is 0 Å². The molecule has 0 aromatic heterocycles. The molecule has 1 aliphatic rings. The van der Waals surface area contributed by atoms with Gasteiger partial charge in [-0.3, -0.25) is 9.21 Å². The van der Waals surface area contributed by atoms with Gasteiger partial charge in [0, 0.05) is 29.2 Å². The van der Waals surface area contributed by atoms with Gasteiger partial charge < -0.3 is 4.74 Å². The van der Waals surface area contributed by atoms with Gasteiger partial charge in [-0.2, -0.15) is 0 Å². The Labute approximate surface area is 220 Å². The third kappa shape index (κ3) is 6.41. The molecule has 5 nitrogen and oxygen atoms in total. The standard InChI is InChI=1S/C29H35ClN2O3S/c1-23-10-8-11-24(2)31(23)20-9-21-35-29-15-7-6-12-25(29)22-32(27-13-4-3-5-14-27)36(33,34)28-18-16-26(30)17-19-28/h3-7,12-19,23-24H,8-11,20-22H2,1-2H3/t23-,24+. The zero-order chi connectivity index (χ0) is 25.5. The van der Waals surface area contributed by atoms with Crippen molar-refractivity contribution < 1.29 is 13.2 Å². The highest BCUT2D eigenvalue weighted by Gasteiger charge is 2.27. The summed E-state index contributed by atoms with van der Waals surface area (Å²) >= 11 is 6.01. The molecular formula is C29H35ClN2O3S. The van der Waals surface area contributed by atoms with E-state index in [1.54, 1.807) is 36.4 Å². The molecule has 0 bridgehead atoms. The Kier molecular flexibility index (Phi) is 8.94. The molecule has 0 radical (unpaired) electrons. The van der Waals surface area contributed by atoms with Crippen molar-refractivity contribution >= 4 is 27.3 Å². The maximum atomic E-state index is 13.7. The van der Waals surface area contributed by atoms with Gasteiger partial charge in [0.05, 0.1) is 23.7 Å². The molecule has 0 saturated carbocycles. The molecule has 0 aliphatic carbocycles. The highest BCUT2D eigenvalue weighted by molar-refractivity contribution is 7.92. The van der Waals surface area contributed by atoms with Crippen LogP contribution >= 0.6 is 11.6 Å². The van der Waals surface area contributed by atoms with E-state index in [4.69, 9.17) is 16.3 Å². The van der Waals surface area contributed by atoms with Gasteiger partial charge in [0.25, 0.3) is 10.0 Å². The zero-order valence-corrected chi connectivity index (χ0v) is 22.6. The van der Waals surface area contributed by atoms with Crippen molar-refractivity contribution in [2.75, 3.05) is 17.5 Å². The average Bonchev–Trinajstić information content (AvgIpc) is 2.88. The second-order valence-electron chi connectivity index (χ2n) is 9.48. The quantitative estimate of drug-likeness (QED) is 0.274. The Hall–Kier alpha value is -2.54. The summed E-state index contributed by atoms with van der Waals surface area (Å²) < 4.78 is 35.0. The topological polar surface area (TPSA) is 49.9 Å². The molecule has 0 unspecified atom stereocenters. The van der Waals surface area contributed by atoms with Gasteiger partial charge in [-0.25, -0.2) is 8.42 Å². The fourth-order valence-electron chi connectivity index (χ4n) is 4.92. The van der Waals surface area contributed by atoms with Crippen LogP contribution < -0.4 is 9.04 Å². The smallest absolute Gasteiger partial charge is 0.264 e. The fraction of sp³-hybridized carbons (Fsp3) is 0.379. The summed E-state index contributed by atoms with van der Waals surface area (Å²) in [4.78, 5) is 2.77. The first-order chi connectivity index (χ1) is 17.4. The molecule has 3 aromatic carbocycles. The summed E-state index contributed by atoms with van der Waals surface area (Å²) in [7, 11) is -3.83. The van der Waals surface area contributed by atoms with Crippen LogP contribution in [0.1, 0.15) is 45.1 Å². The first-order valence-corrected chi connectivity index (χ1v) is 14.5. The van der Waals surface area contributed by atoms with Crippen molar-refractivity contribution in [1.29, 1.82) is 0 Å². The van der Waals surface area contributed by atoms with Gasteiger partial charge in [-0.15, -0.1) is 0 Å². The zero-order valence-electron chi connectivity index (χ0n) is 21.0. The van der Waals surface area contributed by atoms with Crippen LogP contribution in [0.25, 0.3) is 0 Å². The van der Waals surface area contributed by atoms with E-state index in [2.05, 4.69) is 18.7 Å². The molecule has 0 N–H and O–H groups in total. The molecule has 1 fully saturated rings. The SMILES string of the molecule is C[C@@H]1CCC[C@H](C)N1CCCOc1ccccc1CN(c1ccccc1)S(=O)(=O)c1ccc(Cl)cc1. The number of sulfonamides is 1. The Morgan fingerprint density at radius 2 is 1.56 bits per heavy atom. The lowest BCUT2D eigenvalue weighted by molar-refractivity contribution is 0.0960. The summed E-state index contributed by atoms with van der Waals surface area (Å²) in [5.74, 6) is 0.712. The lowest BCUT2D eigenvalue weighted by atomic mass is 9.97. The molecule has 1 saturated heterocycles. The van der Waals surface area contributed by atoms with Gasteiger partial charge in [0.2, 0.25) is 0 Å². The summed E-state index contributed by atoms with van der Waals surface area (Å²) in [5, 5.41) is 0.493. The van der Waals surface area contributed by atoms with Crippen LogP contribution in [-0.4, -0.2) is 38.6 Å². The van der Waals surface area contributed by atoms with Crippen molar-refractivity contribution in [3.05, 3.63) is 89.4 Å². The number of piperidine rings is 1. The fourth-order valence-corrected chi connectivity index (χ4v) is 6.49. The Balaban J connectivity index is 1.51. The van der Waals surface area contributed by atoms with Gasteiger partial charge >= 0.3 is 0 Å². The molecule has 0 spiro atoms. The number of benzene rings is 3. The lowest BCUT2D eigenvalue weighted by Gasteiger charge is -2.39. The number of ether oxygens (including phenoxy) is 1. The molecular weight excluding hydrogens is 492 g/mol. The highest BCUT2D eigenvalue weighted by Crippen LogP contribution is 2.30. The third-order valence-corrected chi connectivity index (χ3v) is 8.97. The van der Waals surface area contributed by atoms with Gasteiger partial charge in [0.1, 0.15) is 5.75 Å². The molecule has 3 aromatic rings. The number of halogens is 1. The summed E-state index contributed by atoms with van der Waals surface area (Å²) in [5.41, 5.74) is 1.41. The second kappa shape index (κ2) is 12.1. The minimum Gasteiger partial charge on any atom is -0.493 e. The number of hydrogen-bond acceptors (Lipinski definition) is 4. The third-order valence-electron chi connectivity index (χ3n) is 6.93. The second-order valence-corrected chi connectivity index (χ2v) is 11.8. The van der Waals surface area contributed by atoms with Crippen molar-refractivity contribution in [1.82, 2.24) is 4.90 Å². The minimum atomic E-state index is -3.83. The Morgan fingerprint density at radius 1 is 0.917 bits per heavy atom. The molecule has 1 aliphatic heterocycles. The van der Waals surface area contributed by atoms with E-state index in [-0.39, 0.29) is 11.4 Å². The number of rotatable bonds is 10. The van der Waals surface area contributed by atoms with Crippen LogP contribution in [0.15, 0.2) is 83.8 Å².